The van der Waals surface area contributed by atoms with Crippen LogP contribution in [-0.2, 0) is 13.6 Å². The van der Waals surface area contributed by atoms with Gasteiger partial charge in [0.1, 0.15) is 5.69 Å². The molecule has 8 nitrogen and oxygen atoms in total. The van der Waals surface area contributed by atoms with Crippen LogP contribution in [0.2, 0.25) is 0 Å². The van der Waals surface area contributed by atoms with Crippen molar-refractivity contribution in [3.8, 4) is 5.88 Å². The third-order valence-corrected chi connectivity index (χ3v) is 4.67. The van der Waals surface area contributed by atoms with Crippen LogP contribution < -0.4 is 15.0 Å². The quantitative estimate of drug-likeness (QED) is 0.368. The molecule has 0 radical (unpaired) electrons. The van der Waals surface area contributed by atoms with Gasteiger partial charge in [0.25, 0.3) is 0 Å². The fourth-order valence-corrected chi connectivity index (χ4v) is 3.02. The molecule has 0 saturated carbocycles. The molecule has 3 aromatic rings. The summed E-state index contributed by atoms with van der Waals surface area (Å²) in [5, 5.41) is 7.33. The Labute approximate surface area is 178 Å². The van der Waals surface area contributed by atoms with Crippen molar-refractivity contribution in [3.05, 3.63) is 65.1 Å². The van der Waals surface area contributed by atoms with Crippen molar-refractivity contribution in [1.29, 1.82) is 0 Å². The maximum Gasteiger partial charge on any atom is 0.213 e. The van der Waals surface area contributed by atoms with Crippen LogP contribution in [0.15, 0.2) is 41.5 Å². The molecule has 0 aliphatic carbocycles. The van der Waals surface area contributed by atoms with E-state index in [2.05, 4.69) is 20.4 Å². The summed E-state index contributed by atoms with van der Waals surface area (Å²) >= 11 is 0. The van der Waals surface area contributed by atoms with Gasteiger partial charge in [-0.1, -0.05) is 6.07 Å². The number of nitrogens with one attached hydrogen (secondary N) is 1. The number of guanidine groups is 1. The second kappa shape index (κ2) is 9.33. The Kier molecular flexibility index (Phi) is 6.58. The Morgan fingerprint density at radius 1 is 1.29 bits per heavy atom. The lowest BCUT2D eigenvalue weighted by molar-refractivity contribution is 0.111. The van der Waals surface area contributed by atoms with E-state index in [4.69, 9.17) is 4.74 Å². The average Bonchev–Trinajstić information content (AvgIpc) is 3.14. The van der Waals surface area contributed by atoms with Gasteiger partial charge in [-0.3, -0.25) is 14.5 Å². The highest BCUT2D eigenvalue weighted by molar-refractivity contribution is 6.07. The smallest absolute Gasteiger partial charge is 0.213 e. The molecule has 3 rings (SSSR count). The van der Waals surface area contributed by atoms with Crippen LogP contribution in [0, 0.1) is 18.6 Å². The first-order valence-electron chi connectivity index (χ1n) is 9.32. The Balaban J connectivity index is 2.03. The Morgan fingerprint density at radius 3 is 2.68 bits per heavy atom. The van der Waals surface area contributed by atoms with Gasteiger partial charge in [-0.2, -0.15) is 5.10 Å². The van der Waals surface area contributed by atoms with Crippen LogP contribution in [0.25, 0.3) is 0 Å². The van der Waals surface area contributed by atoms with E-state index in [1.807, 2.05) is 0 Å². The number of nitrogens with zero attached hydrogens (tertiary/aromatic N) is 5. The highest BCUT2D eigenvalue weighted by atomic mass is 19.2. The second-order valence-electron chi connectivity index (χ2n) is 6.65. The standard InChI is InChI=1S/C21H22F2N6O2/c1-13-17(7-8-20(26-13)31-4)27-21(24-2)29(18-10-25-28(3)19(18)12-30)11-14-5-6-15(22)16(23)9-14/h5-10,12H,11H2,1-4H3,(H,24,27). The predicted octanol–water partition coefficient (Wildman–Crippen LogP) is 3.33. The largest absolute Gasteiger partial charge is 0.481 e. The zero-order valence-electron chi connectivity index (χ0n) is 17.6. The fraction of sp³-hybridized carbons (Fsp3) is 0.238. The number of benzene rings is 1. The van der Waals surface area contributed by atoms with Gasteiger partial charge in [0.05, 0.1) is 36.9 Å². The Hall–Kier alpha value is -3.82. The Morgan fingerprint density at radius 2 is 2.06 bits per heavy atom. The molecule has 1 N–H and O–H groups in total. The van der Waals surface area contributed by atoms with Crippen LogP contribution >= 0.6 is 0 Å². The molecular weight excluding hydrogens is 406 g/mol. The summed E-state index contributed by atoms with van der Waals surface area (Å²) in [5.41, 5.74) is 2.56. The summed E-state index contributed by atoms with van der Waals surface area (Å²) in [4.78, 5) is 22.0. The van der Waals surface area contributed by atoms with E-state index in [0.29, 0.717) is 46.5 Å². The number of ether oxygens (including phenoxy) is 1. The molecule has 0 spiro atoms. The average molecular weight is 428 g/mol. The summed E-state index contributed by atoms with van der Waals surface area (Å²) in [7, 11) is 4.74. The molecule has 0 saturated heterocycles. The van der Waals surface area contributed by atoms with Crippen LogP contribution in [0.3, 0.4) is 0 Å². The van der Waals surface area contributed by atoms with E-state index >= 15 is 0 Å². The van der Waals surface area contributed by atoms with E-state index in [1.54, 1.807) is 38.1 Å². The SMILES string of the molecule is CN=C(Nc1ccc(OC)nc1C)N(Cc1ccc(F)c(F)c1)c1cnn(C)c1C=O. The summed E-state index contributed by atoms with van der Waals surface area (Å²) in [6.45, 7) is 1.91. The first-order valence-corrected chi connectivity index (χ1v) is 9.32. The number of rotatable bonds is 6. The number of aldehydes is 1. The summed E-state index contributed by atoms with van der Waals surface area (Å²) in [6.07, 6.45) is 2.18. The number of anilines is 2. The number of aromatic nitrogens is 3. The molecule has 31 heavy (non-hydrogen) atoms. The molecule has 1 aromatic carbocycles. The molecule has 0 amide bonds. The molecule has 0 fully saturated rings. The highest BCUT2D eigenvalue weighted by Gasteiger charge is 2.22. The molecule has 162 valence electrons. The second-order valence-corrected chi connectivity index (χ2v) is 6.65. The van der Waals surface area contributed by atoms with E-state index in [0.717, 1.165) is 12.1 Å². The van der Waals surface area contributed by atoms with E-state index in [-0.39, 0.29) is 6.54 Å². The Bertz CT molecular complexity index is 1130. The number of carbonyl (C=O) groups is 1. The van der Waals surface area contributed by atoms with Crippen molar-refractivity contribution >= 4 is 23.6 Å². The lowest BCUT2D eigenvalue weighted by atomic mass is 10.2. The third kappa shape index (κ3) is 4.68. The molecule has 0 aliphatic heterocycles. The fourth-order valence-electron chi connectivity index (χ4n) is 3.02. The minimum absolute atomic E-state index is 0.103. The monoisotopic (exact) mass is 428 g/mol. The summed E-state index contributed by atoms with van der Waals surface area (Å²) in [6, 6.07) is 7.11. The number of methoxy groups -OCH3 is 1. The topological polar surface area (TPSA) is 84.6 Å². The minimum Gasteiger partial charge on any atom is -0.481 e. The van der Waals surface area contributed by atoms with Crippen LogP contribution in [0.1, 0.15) is 21.7 Å². The normalized spacial score (nSPS) is 11.4. The lowest BCUT2D eigenvalue weighted by Gasteiger charge is -2.26. The maximum absolute atomic E-state index is 13.8. The van der Waals surface area contributed by atoms with Crippen molar-refractivity contribution in [2.45, 2.75) is 13.5 Å². The number of hydrogen-bond donors (Lipinski definition) is 1. The van der Waals surface area contributed by atoms with Gasteiger partial charge >= 0.3 is 0 Å². The van der Waals surface area contributed by atoms with Gasteiger partial charge < -0.3 is 15.0 Å². The van der Waals surface area contributed by atoms with Gasteiger partial charge in [0.15, 0.2) is 17.9 Å². The molecule has 2 heterocycles. The van der Waals surface area contributed by atoms with E-state index in [9.17, 15) is 13.6 Å². The van der Waals surface area contributed by atoms with Gasteiger partial charge in [-0.05, 0) is 30.7 Å². The van der Waals surface area contributed by atoms with Crippen molar-refractivity contribution in [3.63, 3.8) is 0 Å². The number of aryl methyl sites for hydroxylation is 2. The molecule has 0 atom stereocenters. The highest BCUT2D eigenvalue weighted by Crippen LogP contribution is 2.24. The van der Waals surface area contributed by atoms with Gasteiger partial charge in [0.2, 0.25) is 11.8 Å². The molecule has 0 aliphatic rings. The maximum atomic E-state index is 13.8. The molecular formula is C21H22F2N6O2. The molecule has 2 aromatic heterocycles. The number of hydrogen-bond acceptors (Lipinski definition) is 5. The van der Waals surface area contributed by atoms with Gasteiger partial charge in [-0.25, -0.2) is 13.8 Å². The zero-order valence-corrected chi connectivity index (χ0v) is 17.6. The number of aliphatic imine (C=N–C) groups is 1. The van der Waals surface area contributed by atoms with Crippen molar-refractivity contribution in [2.24, 2.45) is 12.0 Å². The molecule has 0 unspecified atom stereocenters. The number of carbonyl (C=O) groups excluding carboxylic acids is 1. The summed E-state index contributed by atoms with van der Waals surface area (Å²) in [5.74, 6) is -1.08. The molecule has 10 heteroatoms. The lowest BCUT2D eigenvalue weighted by Crippen LogP contribution is -2.37. The van der Waals surface area contributed by atoms with Gasteiger partial charge in [-0.15, -0.1) is 0 Å². The van der Waals surface area contributed by atoms with Crippen molar-refractivity contribution in [1.82, 2.24) is 14.8 Å². The van der Waals surface area contributed by atoms with Gasteiger partial charge in [0, 0.05) is 20.2 Å². The van der Waals surface area contributed by atoms with Crippen molar-refractivity contribution in [2.75, 3.05) is 24.4 Å². The number of halogens is 2. The first-order chi connectivity index (χ1) is 14.9. The zero-order chi connectivity index (χ0) is 22.5. The van der Waals surface area contributed by atoms with Crippen LogP contribution in [0.5, 0.6) is 5.88 Å². The van der Waals surface area contributed by atoms with Crippen LogP contribution in [-0.4, -0.2) is 41.2 Å². The number of pyridine rings is 1. The third-order valence-electron chi connectivity index (χ3n) is 4.67. The van der Waals surface area contributed by atoms with Crippen LogP contribution in [0.4, 0.5) is 20.2 Å². The van der Waals surface area contributed by atoms with E-state index < -0.39 is 11.6 Å². The molecule has 0 bridgehead atoms. The predicted molar refractivity (Wildman–Crippen MR) is 114 cm³/mol. The van der Waals surface area contributed by atoms with Crippen molar-refractivity contribution < 1.29 is 18.3 Å². The minimum atomic E-state index is -0.961. The van der Waals surface area contributed by atoms with E-state index in [1.165, 1.54) is 24.1 Å². The first kappa shape index (κ1) is 21.9. The summed E-state index contributed by atoms with van der Waals surface area (Å²) < 4.78 is 33.8.